The second kappa shape index (κ2) is 9.88. The van der Waals surface area contributed by atoms with Crippen LogP contribution in [-0.2, 0) is 6.18 Å². The van der Waals surface area contributed by atoms with Crippen molar-refractivity contribution in [2.45, 2.75) is 25.4 Å². The molecule has 0 atom stereocenters. The number of nitrogens with one attached hydrogen (secondary N) is 1. The summed E-state index contributed by atoms with van der Waals surface area (Å²) >= 11 is 0. The van der Waals surface area contributed by atoms with E-state index in [1.165, 1.54) is 26.7 Å². The van der Waals surface area contributed by atoms with Crippen molar-refractivity contribution in [3.05, 3.63) is 41.7 Å². The average molecular weight is 477 g/mol. The smallest absolute Gasteiger partial charge is 0.433 e. The number of nitrogens with zero attached hydrogens (tertiary/aromatic N) is 4. The highest BCUT2D eigenvalue weighted by Crippen LogP contribution is 2.35. The van der Waals surface area contributed by atoms with Gasteiger partial charge in [-0.25, -0.2) is 9.50 Å². The number of benzene rings is 1. The van der Waals surface area contributed by atoms with Crippen LogP contribution in [-0.4, -0.2) is 65.8 Å². The van der Waals surface area contributed by atoms with Gasteiger partial charge in [0.05, 0.1) is 26.1 Å². The highest BCUT2D eigenvalue weighted by Gasteiger charge is 2.36. The third kappa shape index (κ3) is 4.93. The number of carbonyl (C=O) groups is 1. The summed E-state index contributed by atoms with van der Waals surface area (Å²) in [5.41, 5.74) is -0.817. The summed E-state index contributed by atoms with van der Waals surface area (Å²) in [6, 6.07) is 5.60. The van der Waals surface area contributed by atoms with Crippen LogP contribution in [0.2, 0.25) is 0 Å². The number of methoxy groups -OCH3 is 2. The lowest BCUT2D eigenvalue weighted by Crippen LogP contribution is -2.37. The van der Waals surface area contributed by atoms with E-state index in [0.717, 1.165) is 38.2 Å². The van der Waals surface area contributed by atoms with Crippen LogP contribution in [0.1, 0.15) is 35.3 Å². The molecule has 182 valence electrons. The van der Waals surface area contributed by atoms with Crippen LogP contribution >= 0.6 is 0 Å². The van der Waals surface area contributed by atoms with Gasteiger partial charge in [-0.3, -0.25) is 4.79 Å². The summed E-state index contributed by atoms with van der Waals surface area (Å²) in [6.07, 6.45) is -0.121. The lowest BCUT2D eigenvalue weighted by atomic mass is 10.1. The zero-order valence-electron chi connectivity index (χ0n) is 19.0. The molecule has 0 spiro atoms. The van der Waals surface area contributed by atoms with Gasteiger partial charge >= 0.3 is 6.18 Å². The number of piperidine rings is 1. The Morgan fingerprint density at radius 2 is 1.82 bits per heavy atom. The van der Waals surface area contributed by atoms with Crippen LogP contribution in [0.15, 0.2) is 30.5 Å². The highest BCUT2D eigenvalue weighted by atomic mass is 19.4. The van der Waals surface area contributed by atoms with Crippen LogP contribution in [0.25, 0.3) is 16.9 Å². The van der Waals surface area contributed by atoms with Crippen molar-refractivity contribution in [3.63, 3.8) is 0 Å². The molecule has 3 aromatic rings. The summed E-state index contributed by atoms with van der Waals surface area (Å²) in [6.45, 7) is 3.04. The van der Waals surface area contributed by atoms with Crippen LogP contribution < -0.4 is 14.8 Å². The third-order valence-corrected chi connectivity index (χ3v) is 5.85. The molecular formula is C23H26F3N5O3. The molecule has 0 saturated carbocycles. The standard InChI is InChI=1S/C23H26F3N5O3/c1-33-18-7-6-15(12-19(18)34-2)17-13-20(23(24,25)26)31-21(29-17)16(14-28-31)22(32)27-8-11-30-9-4-3-5-10-30/h6-7,12-14H,3-5,8-11H2,1-2H3,(H,27,32). The molecule has 3 heterocycles. The number of fused-ring (bicyclic) bond motifs is 1. The van der Waals surface area contributed by atoms with Gasteiger partial charge < -0.3 is 19.7 Å². The number of carbonyl (C=O) groups excluding carboxylic acids is 1. The molecule has 0 radical (unpaired) electrons. The first-order valence-corrected chi connectivity index (χ1v) is 11.0. The molecule has 1 N–H and O–H groups in total. The van der Waals surface area contributed by atoms with E-state index < -0.39 is 17.8 Å². The van der Waals surface area contributed by atoms with E-state index in [-0.39, 0.29) is 16.9 Å². The van der Waals surface area contributed by atoms with Gasteiger partial charge in [-0.15, -0.1) is 0 Å². The number of halogens is 3. The van der Waals surface area contributed by atoms with Gasteiger partial charge in [0.2, 0.25) is 0 Å². The highest BCUT2D eigenvalue weighted by molar-refractivity contribution is 5.99. The number of hydrogen-bond donors (Lipinski definition) is 1. The van der Waals surface area contributed by atoms with E-state index in [9.17, 15) is 18.0 Å². The van der Waals surface area contributed by atoms with Gasteiger partial charge in [-0.1, -0.05) is 6.42 Å². The van der Waals surface area contributed by atoms with Crippen LogP contribution in [0.3, 0.4) is 0 Å². The molecule has 0 bridgehead atoms. The molecule has 0 aliphatic carbocycles. The zero-order chi connectivity index (χ0) is 24.3. The minimum Gasteiger partial charge on any atom is -0.493 e. The molecule has 1 amide bonds. The number of likely N-dealkylation sites (tertiary alicyclic amines) is 1. The molecule has 1 aromatic carbocycles. The fourth-order valence-electron chi connectivity index (χ4n) is 4.07. The maximum atomic E-state index is 13.9. The van der Waals surface area contributed by atoms with Crippen molar-refractivity contribution >= 4 is 11.6 Å². The first-order valence-electron chi connectivity index (χ1n) is 11.0. The fraction of sp³-hybridized carbons (Fsp3) is 0.435. The second-order valence-electron chi connectivity index (χ2n) is 8.05. The molecule has 4 rings (SSSR count). The number of hydrogen-bond acceptors (Lipinski definition) is 6. The van der Waals surface area contributed by atoms with Crippen molar-refractivity contribution in [1.82, 2.24) is 24.8 Å². The van der Waals surface area contributed by atoms with Crippen molar-refractivity contribution in [3.8, 4) is 22.8 Å². The Kier molecular flexibility index (Phi) is 6.92. The minimum atomic E-state index is -4.71. The van der Waals surface area contributed by atoms with Gasteiger partial charge in [0, 0.05) is 18.7 Å². The Morgan fingerprint density at radius 1 is 1.09 bits per heavy atom. The molecule has 34 heavy (non-hydrogen) atoms. The quantitative estimate of drug-likeness (QED) is 0.560. The number of ether oxygens (including phenoxy) is 2. The number of aromatic nitrogens is 3. The normalized spacial score (nSPS) is 14.9. The van der Waals surface area contributed by atoms with Crippen molar-refractivity contribution in [2.24, 2.45) is 0 Å². The molecule has 1 fully saturated rings. The third-order valence-electron chi connectivity index (χ3n) is 5.85. The van der Waals surface area contributed by atoms with Crippen LogP contribution in [0.5, 0.6) is 11.5 Å². The molecule has 11 heteroatoms. The lowest BCUT2D eigenvalue weighted by Gasteiger charge is -2.26. The first kappa shape index (κ1) is 23.8. The maximum Gasteiger partial charge on any atom is 0.433 e. The predicted molar refractivity (Wildman–Crippen MR) is 119 cm³/mol. The molecule has 1 saturated heterocycles. The SMILES string of the molecule is COc1ccc(-c2cc(C(F)(F)F)n3ncc(C(=O)NCCN4CCCCC4)c3n2)cc1OC. The first-order chi connectivity index (χ1) is 16.3. The van der Waals surface area contributed by atoms with E-state index in [0.29, 0.717) is 34.7 Å². The molecule has 2 aromatic heterocycles. The van der Waals surface area contributed by atoms with E-state index >= 15 is 0 Å². The molecule has 0 unspecified atom stereocenters. The van der Waals surface area contributed by atoms with Gasteiger partial charge in [-0.2, -0.15) is 18.3 Å². The van der Waals surface area contributed by atoms with Crippen LogP contribution in [0, 0.1) is 0 Å². The molecule has 1 aliphatic rings. The van der Waals surface area contributed by atoms with Gasteiger partial charge in [0.25, 0.3) is 5.91 Å². The summed E-state index contributed by atoms with van der Waals surface area (Å²) in [7, 11) is 2.90. The topological polar surface area (TPSA) is 81.0 Å². The zero-order valence-corrected chi connectivity index (χ0v) is 19.0. The summed E-state index contributed by atoms with van der Waals surface area (Å²) in [4.78, 5) is 19.4. The van der Waals surface area contributed by atoms with E-state index in [2.05, 4.69) is 20.3 Å². The molecule has 8 nitrogen and oxygen atoms in total. The maximum absolute atomic E-state index is 13.9. The predicted octanol–water partition coefficient (Wildman–Crippen LogP) is 3.65. The number of alkyl halides is 3. The Bertz CT molecular complexity index is 1170. The number of rotatable bonds is 7. The Hall–Kier alpha value is -3.34. The Labute approximate surface area is 194 Å². The summed E-state index contributed by atoms with van der Waals surface area (Å²) in [5, 5.41) is 6.60. The van der Waals surface area contributed by atoms with E-state index in [4.69, 9.17) is 9.47 Å². The van der Waals surface area contributed by atoms with Gasteiger partial charge in [0.1, 0.15) is 5.56 Å². The Morgan fingerprint density at radius 3 is 2.50 bits per heavy atom. The lowest BCUT2D eigenvalue weighted by molar-refractivity contribution is -0.142. The molecular weight excluding hydrogens is 451 g/mol. The average Bonchev–Trinajstić information content (AvgIpc) is 3.27. The molecule has 1 aliphatic heterocycles. The monoisotopic (exact) mass is 477 g/mol. The van der Waals surface area contributed by atoms with E-state index in [1.807, 2.05) is 0 Å². The van der Waals surface area contributed by atoms with Crippen molar-refractivity contribution in [2.75, 3.05) is 40.4 Å². The fourth-order valence-corrected chi connectivity index (χ4v) is 4.07. The number of amides is 1. The van der Waals surface area contributed by atoms with Gasteiger partial charge in [-0.05, 0) is 50.2 Å². The summed E-state index contributed by atoms with van der Waals surface area (Å²) < 4.78 is 52.7. The Balaban J connectivity index is 1.67. The van der Waals surface area contributed by atoms with Crippen molar-refractivity contribution in [1.29, 1.82) is 0 Å². The van der Waals surface area contributed by atoms with Crippen LogP contribution in [0.4, 0.5) is 13.2 Å². The second-order valence-corrected chi connectivity index (χ2v) is 8.05. The minimum absolute atomic E-state index is 0.0218. The van der Waals surface area contributed by atoms with Gasteiger partial charge in [0.15, 0.2) is 22.8 Å². The summed E-state index contributed by atoms with van der Waals surface area (Å²) in [5.74, 6) is 0.262. The van der Waals surface area contributed by atoms with Crippen molar-refractivity contribution < 1.29 is 27.4 Å². The largest absolute Gasteiger partial charge is 0.493 e. The van der Waals surface area contributed by atoms with E-state index in [1.54, 1.807) is 12.1 Å².